The maximum Gasteiger partial charge on any atom is 0.326 e. The molecular formula is C21H38N10O7. The molecule has 4 unspecified atom stereocenters. The van der Waals surface area contributed by atoms with Crippen LogP contribution in [0.2, 0.25) is 0 Å². The van der Waals surface area contributed by atoms with Gasteiger partial charge in [-0.1, -0.05) is 0 Å². The second-order valence-corrected chi connectivity index (χ2v) is 8.75. The quantitative estimate of drug-likeness (QED) is 0.0511. The number of carboxylic acid groups (broad SMARTS) is 2. The first-order valence-electron chi connectivity index (χ1n) is 12.1. The van der Waals surface area contributed by atoms with Crippen molar-refractivity contribution in [1.82, 2.24) is 15.5 Å². The van der Waals surface area contributed by atoms with E-state index >= 15 is 0 Å². The van der Waals surface area contributed by atoms with Crippen LogP contribution in [-0.4, -0.2) is 100 Å². The number of guanidine groups is 2. The molecule has 1 aliphatic heterocycles. The lowest BCUT2D eigenvalue weighted by Gasteiger charge is -2.29. The number of nitrogens with two attached hydrogens (primary N) is 5. The summed E-state index contributed by atoms with van der Waals surface area (Å²) >= 11 is 0. The molecule has 38 heavy (non-hydrogen) atoms. The lowest BCUT2D eigenvalue weighted by atomic mass is 10.1. The highest BCUT2D eigenvalue weighted by Gasteiger charge is 2.39. The van der Waals surface area contributed by atoms with Crippen LogP contribution in [0.3, 0.4) is 0 Å². The molecule has 0 radical (unpaired) electrons. The maximum absolute atomic E-state index is 13.2. The third-order valence-electron chi connectivity index (χ3n) is 5.70. The SMILES string of the molecule is NC(N)=NCCCC(N)C(=O)NC(CC(=O)O)C(=O)N1CCCC1C(=O)NC(CCCN=C(N)N)C(=O)O. The summed E-state index contributed by atoms with van der Waals surface area (Å²) < 4.78 is 0. The number of carboxylic acids is 2. The van der Waals surface area contributed by atoms with Crippen molar-refractivity contribution in [2.45, 2.75) is 69.1 Å². The summed E-state index contributed by atoms with van der Waals surface area (Å²) in [5, 5.41) is 23.5. The molecule has 0 spiro atoms. The number of rotatable bonds is 16. The first-order valence-corrected chi connectivity index (χ1v) is 12.1. The Kier molecular flexibility index (Phi) is 13.3. The van der Waals surface area contributed by atoms with E-state index in [1.54, 1.807) is 0 Å². The van der Waals surface area contributed by atoms with Crippen LogP contribution in [0.25, 0.3) is 0 Å². The summed E-state index contributed by atoms with van der Waals surface area (Å²) in [6.45, 7) is 0.524. The van der Waals surface area contributed by atoms with Gasteiger partial charge in [-0.05, 0) is 38.5 Å². The maximum atomic E-state index is 13.2. The minimum atomic E-state index is -1.48. The Morgan fingerprint density at radius 1 is 0.895 bits per heavy atom. The van der Waals surface area contributed by atoms with Gasteiger partial charge in [-0.15, -0.1) is 0 Å². The standard InChI is InChI=1S/C21H38N10O7/c22-11(4-1-7-27-20(23)24)16(34)30-13(10-15(32)33)18(36)31-9-3-6-14(31)17(35)29-12(19(37)38)5-2-8-28-21(25)26/h11-14H,1-10,22H2,(H,29,35)(H,30,34)(H,32,33)(H,37,38)(H4,23,24,27)(H4,25,26,28). The Morgan fingerprint density at radius 2 is 1.47 bits per heavy atom. The fraction of sp³-hybridized carbons (Fsp3) is 0.667. The normalized spacial score (nSPS) is 17.0. The van der Waals surface area contributed by atoms with Gasteiger partial charge in [0.15, 0.2) is 11.9 Å². The van der Waals surface area contributed by atoms with Crippen LogP contribution in [0.5, 0.6) is 0 Å². The van der Waals surface area contributed by atoms with Gasteiger partial charge in [0.2, 0.25) is 17.7 Å². The van der Waals surface area contributed by atoms with E-state index in [4.69, 9.17) is 28.7 Å². The number of hydrogen-bond donors (Lipinski definition) is 9. The minimum Gasteiger partial charge on any atom is -0.481 e. The largest absolute Gasteiger partial charge is 0.481 e. The molecule has 1 heterocycles. The first kappa shape index (κ1) is 31.9. The third-order valence-corrected chi connectivity index (χ3v) is 5.70. The molecule has 0 aromatic carbocycles. The van der Waals surface area contributed by atoms with Crippen LogP contribution >= 0.6 is 0 Å². The number of likely N-dealkylation sites (tertiary alicyclic amines) is 1. The van der Waals surface area contributed by atoms with Crippen molar-refractivity contribution in [3.63, 3.8) is 0 Å². The monoisotopic (exact) mass is 542 g/mol. The molecule has 1 saturated heterocycles. The Labute approximate surface area is 219 Å². The Morgan fingerprint density at radius 3 is 2.00 bits per heavy atom. The van der Waals surface area contributed by atoms with Crippen LogP contribution in [0.4, 0.5) is 0 Å². The molecule has 14 N–H and O–H groups in total. The smallest absolute Gasteiger partial charge is 0.326 e. The zero-order valence-corrected chi connectivity index (χ0v) is 21.0. The van der Waals surface area contributed by atoms with Gasteiger partial charge in [-0.25, -0.2) is 4.79 Å². The van der Waals surface area contributed by atoms with Crippen molar-refractivity contribution in [3.05, 3.63) is 0 Å². The van der Waals surface area contributed by atoms with Gasteiger partial charge < -0.3 is 54.4 Å². The molecule has 17 heteroatoms. The van der Waals surface area contributed by atoms with Crippen molar-refractivity contribution in [2.24, 2.45) is 38.7 Å². The molecule has 0 aromatic rings. The van der Waals surface area contributed by atoms with Gasteiger partial charge in [0, 0.05) is 19.6 Å². The van der Waals surface area contributed by atoms with Gasteiger partial charge >= 0.3 is 11.9 Å². The zero-order valence-electron chi connectivity index (χ0n) is 21.0. The van der Waals surface area contributed by atoms with E-state index < -0.39 is 60.2 Å². The number of carbonyl (C=O) groups is 5. The average Bonchev–Trinajstić information content (AvgIpc) is 3.31. The third kappa shape index (κ3) is 11.3. The molecule has 214 valence electrons. The summed E-state index contributed by atoms with van der Waals surface area (Å²) in [6.07, 6.45) is 0.775. The number of nitrogens with zero attached hydrogens (tertiary/aromatic N) is 3. The summed E-state index contributed by atoms with van der Waals surface area (Å²) in [6, 6.07) is -4.82. The van der Waals surface area contributed by atoms with Crippen molar-refractivity contribution in [3.8, 4) is 0 Å². The van der Waals surface area contributed by atoms with E-state index in [-0.39, 0.29) is 57.2 Å². The predicted octanol–water partition coefficient (Wildman–Crippen LogP) is -4.06. The van der Waals surface area contributed by atoms with E-state index in [0.717, 1.165) is 4.90 Å². The van der Waals surface area contributed by atoms with Crippen LogP contribution in [0.1, 0.15) is 44.9 Å². The van der Waals surface area contributed by atoms with Crippen LogP contribution < -0.4 is 39.3 Å². The van der Waals surface area contributed by atoms with Crippen LogP contribution in [0, 0.1) is 0 Å². The van der Waals surface area contributed by atoms with Crippen molar-refractivity contribution < 1.29 is 34.2 Å². The average molecular weight is 543 g/mol. The summed E-state index contributed by atoms with van der Waals surface area (Å²) in [5.74, 6) is -5.12. The highest BCUT2D eigenvalue weighted by Crippen LogP contribution is 2.20. The molecule has 1 fully saturated rings. The second-order valence-electron chi connectivity index (χ2n) is 8.75. The van der Waals surface area contributed by atoms with Crippen LogP contribution in [0.15, 0.2) is 9.98 Å². The number of hydrogen-bond acceptors (Lipinski definition) is 8. The lowest BCUT2D eigenvalue weighted by molar-refractivity contribution is -0.147. The molecule has 17 nitrogen and oxygen atoms in total. The number of aliphatic carboxylic acids is 2. The van der Waals surface area contributed by atoms with Gasteiger partial charge in [0.05, 0.1) is 12.5 Å². The molecular weight excluding hydrogens is 504 g/mol. The highest BCUT2D eigenvalue weighted by atomic mass is 16.4. The number of nitrogens with one attached hydrogen (secondary N) is 2. The lowest BCUT2D eigenvalue weighted by Crippen LogP contribution is -2.57. The Hall–Kier alpha value is -4.15. The zero-order chi connectivity index (χ0) is 28.8. The van der Waals surface area contributed by atoms with E-state index in [9.17, 15) is 34.2 Å². The number of aliphatic imine (C=N–C) groups is 2. The van der Waals surface area contributed by atoms with Crippen molar-refractivity contribution >= 4 is 41.6 Å². The van der Waals surface area contributed by atoms with Crippen LogP contribution in [-0.2, 0) is 24.0 Å². The number of carbonyl (C=O) groups excluding carboxylic acids is 3. The predicted molar refractivity (Wildman–Crippen MR) is 136 cm³/mol. The van der Waals surface area contributed by atoms with E-state index in [2.05, 4.69) is 20.6 Å². The summed E-state index contributed by atoms with van der Waals surface area (Å²) in [5.41, 5.74) is 26.8. The van der Waals surface area contributed by atoms with Gasteiger partial charge in [0.25, 0.3) is 0 Å². The van der Waals surface area contributed by atoms with Gasteiger partial charge in [0.1, 0.15) is 18.1 Å². The van der Waals surface area contributed by atoms with Crippen molar-refractivity contribution in [2.75, 3.05) is 19.6 Å². The minimum absolute atomic E-state index is 0.0390. The Balaban J connectivity index is 2.85. The number of amides is 3. The molecule has 0 aliphatic carbocycles. The first-order chi connectivity index (χ1) is 17.8. The molecule has 3 amide bonds. The fourth-order valence-electron chi connectivity index (χ4n) is 3.84. The fourth-order valence-corrected chi connectivity index (χ4v) is 3.84. The highest BCUT2D eigenvalue weighted by molar-refractivity contribution is 5.96. The van der Waals surface area contributed by atoms with Gasteiger partial charge in [-0.3, -0.25) is 29.2 Å². The second kappa shape index (κ2) is 15.9. The molecule has 0 aromatic heterocycles. The van der Waals surface area contributed by atoms with Crippen molar-refractivity contribution in [1.29, 1.82) is 0 Å². The molecule has 0 saturated carbocycles. The van der Waals surface area contributed by atoms with E-state index in [1.807, 2.05) is 0 Å². The summed E-state index contributed by atoms with van der Waals surface area (Å²) in [4.78, 5) is 70.3. The summed E-state index contributed by atoms with van der Waals surface area (Å²) in [7, 11) is 0. The van der Waals surface area contributed by atoms with E-state index in [0.29, 0.717) is 12.8 Å². The molecule has 0 bridgehead atoms. The molecule has 4 atom stereocenters. The topological polar surface area (TPSA) is 308 Å². The van der Waals surface area contributed by atoms with E-state index in [1.165, 1.54) is 0 Å². The van der Waals surface area contributed by atoms with Gasteiger partial charge in [-0.2, -0.15) is 0 Å². The Bertz CT molecular complexity index is 918. The molecule has 1 rings (SSSR count). The molecule has 1 aliphatic rings.